The molecular formula is C17H19N3O4. The van der Waals surface area contributed by atoms with Crippen LogP contribution in [0.4, 0.5) is 0 Å². The average molecular weight is 329 g/mol. The Morgan fingerprint density at radius 1 is 1.38 bits per heavy atom. The molecule has 3 rings (SSSR count). The molecule has 7 heteroatoms. The number of hydrogen-bond donors (Lipinski definition) is 1. The lowest BCUT2D eigenvalue weighted by Crippen LogP contribution is -2.49. The Bertz CT molecular complexity index is 756. The maximum Gasteiger partial charge on any atom is 0.305 e. The van der Waals surface area contributed by atoms with Crippen LogP contribution in [0.25, 0.3) is 5.69 Å². The molecule has 126 valence electrons. The summed E-state index contributed by atoms with van der Waals surface area (Å²) >= 11 is 0. The van der Waals surface area contributed by atoms with E-state index in [-0.39, 0.29) is 18.9 Å². The molecule has 1 aromatic carbocycles. The fourth-order valence-electron chi connectivity index (χ4n) is 2.84. The molecule has 0 radical (unpaired) electrons. The first-order valence-corrected chi connectivity index (χ1v) is 7.77. The van der Waals surface area contributed by atoms with Crippen LogP contribution in [0.1, 0.15) is 22.3 Å². The van der Waals surface area contributed by atoms with Crippen LogP contribution in [0.3, 0.4) is 0 Å². The van der Waals surface area contributed by atoms with Gasteiger partial charge in [0.15, 0.2) is 0 Å². The Labute approximate surface area is 139 Å². The van der Waals surface area contributed by atoms with Gasteiger partial charge in [0.1, 0.15) is 0 Å². The summed E-state index contributed by atoms with van der Waals surface area (Å²) in [7, 11) is 0. The lowest BCUT2D eigenvalue weighted by molar-refractivity contribution is -0.139. The van der Waals surface area contributed by atoms with Crippen LogP contribution in [0.5, 0.6) is 0 Å². The average Bonchev–Trinajstić information content (AvgIpc) is 3.04. The Hall–Kier alpha value is -2.67. The number of aryl methyl sites for hydroxylation is 1. The molecule has 1 aliphatic rings. The first-order chi connectivity index (χ1) is 11.6. The number of hydrogen-bond acceptors (Lipinski definition) is 4. The molecule has 1 aromatic heterocycles. The normalized spacial score (nSPS) is 17.7. The van der Waals surface area contributed by atoms with E-state index in [1.54, 1.807) is 15.8 Å². The minimum Gasteiger partial charge on any atom is -0.481 e. The zero-order valence-corrected chi connectivity index (χ0v) is 13.4. The van der Waals surface area contributed by atoms with Crippen LogP contribution in [0.2, 0.25) is 0 Å². The number of ether oxygens (including phenoxy) is 1. The van der Waals surface area contributed by atoms with E-state index < -0.39 is 12.0 Å². The van der Waals surface area contributed by atoms with Gasteiger partial charge in [-0.15, -0.1) is 0 Å². The predicted octanol–water partition coefficient (Wildman–Crippen LogP) is 1.50. The standard InChI is InChI=1S/C17H19N3O4/c1-12-4-2-3-5-15(12)20-10-13(9-18-20)17(23)19-6-7-24-11-14(19)8-16(21)22/h2-5,9-10,14H,6-8,11H2,1H3,(H,21,22). The Morgan fingerprint density at radius 3 is 2.92 bits per heavy atom. The molecule has 0 saturated carbocycles. The number of morpholine rings is 1. The molecule has 1 fully saturated rings. The first kappa shape index (κ1) is 16.2. The van der Waals surface area contributed by atoms with E-state index in [4.69, 9.17) is 9.84 Å². The van der Waals surface area contributed by atoms with Gasteiger partial charge >= 0.3 is 5.97 Å². The number of aliphatic carboxylic acids is 1. The quantitative estimate of drug-likeness (QED) is 0.919. The maximum absolute atomic E-state index is 12.7. The van der Waals surface area contributed by atoms with E-state index in [0.717, 1.165) is 11.3 Å². The van der Waals surface area contributed by atoms with E-state index in [0.29, 0.717) is 18.7 Å². The molecule has 2 heterocycles. The Morgan fingerprint density at radius 2 is 2.17 bits per heavy atom. The SMILES string of the molecule is Cc1ccccc1-n1cc(C(=O)N2CCOCC2CC(=O)O)cn1. The lowest BCUT2D eigenvalue weighted by Gasteiger charge is -2.34. The van der Waals surface area contributed by atoms with Crippen molar-refractivity contribution in [2.75, 3.05) is 19.8 Å². The number of benzene rings is 1. The fourth-order valence-corrected chi connectivity index (χ4v) is 2.84. The van der Waals surface area contributed by atoms with Crippen molar-refractivity contribution < 1.29 is 19.4 Å². The minimum atomic E-state index is -0.945. The predicted molar refractivity (Wildman–Crippen MR) is 86.2 cm³/mol. The highest BCUT2D eigenvalue weighted by atomic mass is 16.5. The molecule has 1 amide bonds. The Kier molecular flexibility index (Phi) is 4.61. The number of carbonyl (C=O) groups excluding carboxylic acids is 1. The minimum absolute atomic E-state index is 0.127. The Balaban J connectivity index is 1.82. The van der Waals surface area contributed by atoms with Crippen molar-refractivity contribution in [1.82, 2.24) is 14.7 Å². The number of nitrogens with zero attached hydrogens (tertiary/aromatic N) is 3. The van der Waals surface area contributed by atoms with Gasteiger partial charge < -0.3 is 14.7 Å². The largest absolute Gasteiger partial charge is 0.481 e. The van der Waals surface area contributed by atoms with Crippen LogP contribution in [0, 0.1) is 6.92 Å². The van der Waals surface area contributed by atoms with Gasteiger partial charge in [0.2, 0.25) is 0 Å². The smallest absolute Gasteiger partial charge is 0.305 e. The number of aromatic nitrogens is 2. The molecule has 0 spiro atoms. The molecule has 1 aliphatic heterocycles. The van der Waals surface area contributed by atoms with Crippen molar-refractivity contribution >= 4 is 11.9 Å². The molecule has 0 aliphatic carbocycles. The number of carboxylic acids is 1. The monoisotopic (exact) mass is 329 g/mol. The van der Waals surface area contributed by atoms with Gasteiger partial charge in [-0.1, -0.05) is 18.2 Å². The highest BCUT2D eigenvalue weighted by molar-refractivity contribution is 5.94. The summed E-state index contributed by atoms with van der Waals surface area (Å²) in [5.41, 5.74) is 2.39. The van der Waals surface area contributed by atoms with Gasteiger partial charge in [-0.2, -0.15) is 5.10 Å². The molecule has 7 nitrogen and oxygen atoms in total. The van der Waals surface area contributed by atoms with Gasteiger partial charge in [-0.25, -0.2) is 4.68 Å². The molecular weight excluding hydrogens is 310 g/mol. The molecule has 0 bridgehead atoms. The zero-order chi connectivity index (χ0) is 17.1. The number of para-hydroxylation sites is 1. The van der Waals surface area contributed by atoms with E-state index in [1.165, 1.54) is 6.20 Å². The van der Waals surface area contributed by atoms with Crippen molar-refractivity contribution in [3.05, 3.63) is 47.8 Å². The van der Waals surface area contributed by atoms with Gasteiger partial charge in [0.25, 0.3) is 5.91 Å². The molecule has 1 saturated heterocycles. The highest BCUT2D eigenvalue weighted by Gasteiger charge is 2.30. The van der Waals surface area contributed by atoms with Crippen molar-refractivity contribution in [3.8, 4) is 5.69 Å². The van der Waals surface area contributed by atoms with Crippen molar-refractivity contribution in [3.63, 3.8) is 0 Å². The third-order valence-electron chi connectivity index (χ3n) is 4.09. The van der Waals surface area contributed by atoms with Crippen LogP contribution in [-0.2, 0) is 9.53 Å². The summed E-state index contributed by atoms with van der Waals surface area (Å²) in [6, 6.07) is 7.31. The fraction of sp³-hybridized carbons (Fsp3) is 0.353. The summed E-state index contributed by atoms with van der Waals surface area (Å²) in [6.45, 7) is 3.01. The summed E-state index contributed by atoms with van der Waals surface area (Å²) in [6.07, 6.45) is 3.07. The van der Waals surface area contributed by atoms with Gasteiger partial charge in [0.05, 0.1) is 43.1 Å². The second-order valence-electron chi connectivity index (χ2n) is 5.79. The van der Waals surface area contributed by atoms with Crippen molar-refractivity contribution in [1.29, 1.82) is 0 Å². The summed E-state index contributed by atoms with van der Waals surface area (Å²) in [4.78, 5) is 25.3. The maximum atomic E-state index is 12.7. The second kappa shape index (κ2) is 6.84. The molecule has 1 atom stereocenters. The van der Waals surface area contributed by atoms with Gasteiger partial charge in [-0.05, 0) is 18.6 Å². The van der Waals surface area contributed by atoms with Crippen LogP contribution in [0.15, 0.2) is 36.7 Å². The highest BCUT2D eigenvalue weighted by Crippen LogP contribution is 2.17. The van der Waals surface area contributed by atoms with Gasteiger partial charge in [-0.3, -0.25) is 9.59 Å². The van der Waals surface area contributed by atoms with Crippen molar-refractivity contribution in [2.24, 2.45) is 0 Å². The van der Waals surface area contributed by atoms with E-state index in [1.807, 2.05) is 31.2 Å². The lowest BCUT2D eigenvalue weighted by atomic mass is 10.1. The van der Waals surface area contributed by atoms with Crippen LogP contribution < -0.4 is 0 Å². The topological polar surface area (TPSA) is 84.7 Å². The first-order valence-electron chi connectivity index (χ1n) is 7.77. The molecule has 2 aromatic rings. The number of rotatable bonds is 4. The zero-order valence-electron chi connectivity index (χ0n) is 13.4. The third kappa shape index (κ3) is 3.30. The van der Waals surface area contributed by atoms with E-state index in [2.05, 4.69) is 5.10 Å². The van der Waals surface area contributed by atoms with Gasteiger partial charge in [0, 0.05) is 12.7 Å². The molecule has 24 heavy (non-hydrogen) atoms. The van der Waals surface area contributed by atoms with Crippen LogP contribution >= 0.6 is 0 Å². The number of carbonyl (C=O) groups is 2. The molecule has 1 unspecified atom stereocenters. The number of amides is 1. The second-order valence-corrected chi connectivity index (χ2v) is 5.79. The molecule has 1 N–H and O–H groups in total. The summed E-state index contributed by atoms with van der Waals surface area (Å²) in [5.74, 6) is -1.16. The van der Waals surface area contributed by atoms with E-state index >= 15 is 0 Å². The van der Waals surface area contributed by atoms with E-state index in [9.17, 15) is 9.59 Å². The van der Waals surface area contributed by atoms with Crippen molar-refractivity contribution in [2.45, 2.75) is 19.4 Å². The third-order valence-corrected chi connectivity index (χ3v) is 4.09. The van der Waals surface area contributed by atoms with Crippen LogP contribution in [-0.4, -0.2) is 57.5 Å². The summed E-state index contributed by atoms with van der Waals surface area (Å²) < 4.78 is 6.97. The summed E-state index contributed by atoms with van der Waals surface area (Å²) in [5, 5.41) is 13.3. The number of carboxylic acid groups (broad SMARTS) is 1.